The highest BCUT2D eigenvalue weighted by Gasteiger charge is 2.15. The summed E-state index contributed by atoms with van der Waals surface area (Å²) in [4.78, 5) is 11.1. The highest BCUT2D eigenvalue weighted by molar-refractivity contribution is 9.10. The molecule has 0 radical (unpaired) electrons. The van der Waals surface area contributed by atoms with E-state index in [9.17, 15) is 0 Å². The zero-order valence-electron chi connectivity index (χ0n) is 10.7. The molecule has 1 atom stereocenters. The molecule has 7 heteroatoms. The van der Waals surface area contributed by atoms with Gasteiger partial charge in [-0.15, -0.1) is 0 Å². The number of nitrogens with two attached hydrogens (primary N) is 1. The smallest absolute Gasteiger partial charge is 0.232 e. The van der Waals surface area contributed by atoms with Crippen LogP contribution in [0.25, 0.3) is 0 Å². The predicted octanol–water partition coefficient (Wildman–Crippen LogP) is 2.00. The molecule has 1 aromatic rings. The van der Waals surface area contributed by atoms with Gasteiger partial charge in [-0.3, -0.25) is 0 Å². The van der Waals surface area contributed by atoms with Crippen LogP contribution in [0.3, 0.4) is 0 Å². The van der Waals surface area contributed by atoms with Gasteiger partial charge in [0.05, 0.1) is 22.8 Å². The number of halogens is 1. The molecule has 18 heavy (non-hydrogen) atoms. The van der Waals surface area contributed by atoms with Crippen LogP contribution in [0.1, 0.15) is 13.8 Å². The second-order valence-corrected chi connectivity index (χ2v) is 5.20. The Balaban J connectivity index is 2.91. The van der Waals surface area contributed by atoms with Crippen molar-refractivity contribution in [1.82, 2.24) is 9.97 Å². The number of anilines is 1. The van der Waals surface area contributed by atoms with E-state index in [1.54, 1.807) is 13.3 Å². The Bertz CT molecular complexity index is 430. The summed E-state index contributed by atoms with van der Waals surface area (Å²) in [6.07, 6.45) is 1.68. The van der Waals surface area contributed by atoms with Crippen molar-refractivity contribution in [3.05, 3.63) is 10.7 Å². The fraction of sp³-hybridized carbons (Fsp3) is 0.545. The first-order chi connectivity index (χ1) is 8.49. The summed E-state index contributed by atoms with van der Waals surface area (Å²) in [5.74, 6) is 1.24. The summed E-state index contributed by atoms with van der Waals surface area (Å²) in [6, 6.07) is 0. The topological polar surface area (TPSA) is 64.3 Å². The van der Waals surface area contributed by atoms with Gasteiger partial charge in [-0.1, -0.05) is 19.1 Å². The quantitative estimate of drug-likeness (QED) is 0.804. The third-order valence-corrected chi connectivity index (χ3v) is 3.48. The van der Waals surface area contributed by atoms with Gasteiger partial charge in [0.2, 0.25) is 11.8 Å². The SMILES string of the molecule is CCN(CC(C)C(N)=S)c1ncc(Br)c(OC)n1. The molecule has 0 saturated heterocycles. The Hall–Kier alpha value is -0.950. The van der Waals surface area contributed by atoms with Crippen LogP contribution in [0, 0.1) is 5.92 Å². The van der Waals surface area contributed by atoms with Gasteiger partial charge < -0.3 is 15.4 Å². The van der Waals surface area contributed by atoms with Crippen molar-refractivity contribution in [2.45, 2.75) is 13.8 Å². The second kappa shape index (κ2) is 6.84. The van der Waals surface area contributed by atoms with E-state index in [0.29, 0.717) is 23.4 Å². The minimum Gasteiger partial charge on any atom is -0.480 e. The zero-order valence-corrected chi connectivity index (χ0v) is 13.1. The minimum absolute atomic E-state index is 0.109. The second-order valence-electron chi connectivity index (χ2n) is 3.87. The summed E-state index contributed by atoms with van der Waals surface area (Å²) in [5, 5.41) is 0. The Labute approximate surface area is 121 Å². The maximum absolute atomic E-state index is 5.63. The number of nitrogens with zero attached hydrogens (tertiary/aromatic N) is 3. The molecule has 0 aliphatic carbocycles. The van der Waals surface area contributed by atoms with Crippen molar-refractivity contribution in [3.63, 3.8) is 0 Å². The van der Waals surface area contributed by atoms with E-state index >= 15 is 0 Å². The van der Waals surface area contributed by atoms with Crippen LogP contribution in [-0.4, -0.2) is 35.2 Å². The fourth-order valence-corrected chi connectivity index (χ4v) is 1.84. The average Bonchev–Trinajstić information content (AvgIpc) is 2.36. The summed E-state index contributed by atoms with van der Waals surface area (Å²) in [6.45, 7) is 5.49. The molecular weight excluding hydrogens is 316 g/mol. The van der Waals surface area contributed by atoms with Gasteiger partial charge in [0.25, 0.3) is 0 Å². The molecule has 0 bridgehead atoms. The highest BCUT2D eigenvalue weighted by Crippen LogP contribution is 2.23. The fourth-order valence-electron chi connectivity index (χ4n) is 1.41. The number of hydrogen-bond donors (Lipinski definition) is 1. The summed E-state index contributed by atoms with van der Waals surface area (Å²) in [5.41, 5.74) is 5.63. The maximum Gasteiger partial charge on any atom is 0.232 e. The number of aromatic nitrogens is 2. The largest absolute Gasteiger partial charge is 0.480 e. The first-order valence-corrected chi connectivity index (χ1v) is 6.80. The third-order valence-electron chi connectivity index (χ3n) is 2.54. The molecule has 1 heterocycles. The number of thiocarbonyl (C=S) groups is 1. The van der Waals surface area contributed by atoms with Crippen LogP contribution in [0.15, 0.2) is 10.7 Å². The van der Waals surface area contributed by atoms with Crippen molar-refractivity contribution in [2.24, 2.45) is 11.7 Å². The molecule has 0 aromatic carbocycles. The Morgan fingerprint density at radius 3 is 2.83 bits per heavy atom. The van der Waals surface area contributed by atoms with Gasteiger partial charge in [0.15, 0.2) is 0 Å². The number of ether oxygens (including phenoxy) is 1. The van der Waals surface area contributed by atoms with Crippen LogP contribution in [-0.2, 0) is 0 Å². The van der Waals surface area contributed by atoms with E-state index in [4.69, 9.17) is 22.7 Å². The number of rotatable bonds is 6. The monoisotopic (exact) mass is 332 g/mol. The van der Waals surface area contributed by atoms with Crippen LogP contribution >= 0.6 is 28.1 Å². The Morgan fingerprint density at radius 2 is 2.33 bits per heavy atom. The first-order valence-electron chi connectivity index (χ1n) is 5.60. The van der Waals surface area contributed by atoms with Gasteiger partial charge in [0, 0.05) is 19.0 Å². The third kappa shape index (κ3) is 3.78. The standard InChI is InChI=1S/C11H17BrN4OS/c1-4-16(6-7(2)9(13)18)11-14-5-8(12)10(15-11)17-3/h5,7H,4,6H2,1-3H3,(H2,13,18). The molecule has 5 nitrogen and oxygen atoms in total. The Morgan fingerprint density at radius 1 is 1.67 bits per heavy atom. The van der Waals surface area contributed by atoms with Gasteiger partial charge in [0.1, 0.15) is 0 Å². The molecule has 1 aromatic heterocycles. The van der Waals surface area contributed by atoms with E-state index in [2.05, 4.69) is 25.9 Å². The minimum atomic E-state index is 0.109. The molecule has 0 aliphatic heterocycles. The lowest BCUT2D eigenvalue weighted by molar-refractivity contribution is 0.393. The maximum atomic E-state index is 5.63. The van der Waals surface area contributed by atoms with Crippen LogP contribution in [0.5, 0.6) is 5.88 Å². The molecule has 0 aliphatic rings. The van der Waals surface area contributed by atoms with Crippen molar-refractivity contribution in [3.8, 4) is 5.88 Å². The molecule has 2 N–H and O–H groups in total. The number of hydrogen-bond acceptors (Lipinski definition) is 5. The van der Waals surface area contributed by atoms with E-state index < -0.39 is 0 Å². The Kier molecular flexibility index (Phi) is 5.74. The van der Waals surface area contributed by atoms with Crippen molar-refractivity contribution in [1.29, 1.82) is 0 Å². The summed E-state index contributed by atoms with van der Waals surface area (Å²) < 4.78 is 5.89. The lowest BCUT2D eigenvalue weighted by Crippen LogP contribution is -2.35. The molecule has 1 unspecified atom stereocenters. The van der Waals surface area contributed by atoms with Crippen LogP contribution in [0.4, 0.5) is 5.95 Å². The van der Waals surface area contributed by atoms with E-state index in [1.165, 1.54) is 0 Å². The van der Waals surface area contributed by atoms with Crippen LogP contribution < -0.4 is 15.4 Å². The zero-order chi connectivity index (χ0) is 13.7. The average molecular weight is 333 g/mol. The molecule has 0 spiro atoms. The lowest BCUT2D eigenvalue weighted by atomic mass is 10.2. The summed E-state index contributed by atoms with van der Waals surface area (Å²) in [7, 11) is 1.57. The molecule has 0 fully saturated rings. The predicted molar refractivity (Wildman–Crippen MR) is 80.1 cm³/mol. The van der Waals surface area contributed by atoms with Crippen molar-refractivity contribution >= 4 is 39.1 Å². The summed E-state index contributed by atoms with van der Waals surface area (Å²) >= 11 is 8.31. The first kappa shape index (κ1) is 15.1. The van der Waals surface area contributed by atoms with Crippen LogP contribution in [0.2, 0.25) is 0 Å². The van der Waals surface area contributed by atoms with E-state index in [1.807, 2.05) is 18.7 Å². The van der Waals surface area contributed by atoms with Gasteiger partial charge >= 0.3 is 0 Å². The van der Waals surface area contributed by atoms with Crippen molar-refractivity contribution in [2.75, 3.05) is 25.1 Å². The van der Waals surface area contributed by atoms with Gasteiger partial charge in [-0.2, -0.15) is 4.98 Å². The molecular formula is C11H17BrN4OS. The molecule has 1 rings (SSSR count). The van der Waals surface area contributed by atoms with Crippen molar-refractivity contribution < 1.29 is 4.74 Å². The van der Waals surface area contributed by atoms with Gasteiger partial charge in [-0.25, -0.2) is 4.98 Å². The molecule has 0 saturated carbocycles. The van der Waals surface area contributed by atoms with Gasteiger partial charge in [-0.05, 0) is 22.9 Å². The molecule has 0 amide bonds. The highest BCUT2D eigenvalue weighted by atomic mass is 79.9. The van der Waals surface area contributed by atoms with E-state index in [-0.39, 0.29) is 5.92 Å². The normalized spacial score (nSPS) is 12.0. The number of methoxy groups -OCH3 is 1. The molecule has 100 valence electrons. The van der Waals surface area contributed by atoms with E-state index in [0.717, 1.165) is 11.0 Å². The lowest BCUT2D eigenvalue weighted by Gasteiger charge is -2.24.